The van der Waals surface area contributed by atoms with Gasteiger partial charge in [-0.15, -0.1) is 0 Å². The molecule has 0 aromatic heterocycles. The molecule has 0 spiro atoms. The van der Waals surface area contributed by atoms with Crippen LogP contribution in [0.15, 0.2) is 54.6 Å². The minimum atomic E-state index is -0.0392. The summed E-state index contributed by atoms with van der Waals surface area (Å²) < 4.78 is 5.61. The lowest BCUT2D eigenvalue weighted by Crippen LogP contribution is -2.40. The molecule has 1 fully saturated rings. The molecule has 3 nitrogen and oxygen atoms in total. The van der Waals surface area contributed by atoms with Crippen molar-refractivity contribution in [3.63, 3.8) is 0 Å². The van der Waals surface area contributed by atoms with E-state index < -0.39 is 0 Å². The zero-order chi connectivity index (χ0) is 15.4. The normalized spacial score (nSPS) is 18.9. The number of benzene rings is 2. The Kier molecular flexibility index (Phi) is 4.54. The number of carbonyl (C=O) groups excluding carboxylic acids is 1. The molecule has 1 saturated heterocycles. The summed E-state index contributed by atoms with van der Waals surface area (Å²) in [6, 6.07) is 17.9. The Balaban J connectivity index is 1.66. The van der Waals surface area contributed by atoms with Crippen LogP contribution in [0.1, 0.15) is 30.1 Å². The fourth-order valence-corrected chi connectivity index (χ4v) is 2.82. The van der Waals surface area contributed by atoms with Crippen LogP contribution in [-0.2, 0) is 4.74 Å². The molecule has 0 aliphatic carbocycles. The Morgan fingerprint density at radius 1 is 1.09 bits per heavy atom. The molecule has 2 atom stereocenters. The van der Waals surface area contributed by atoms with Gasteiger partial charge < -0.3 is 10.1 Å². The van der Waals surface area contributed by atoms with Gasteiger partial charge in [0, 0.05) is 12.2 Å². The van der Waals surface area contributed by atoms with Gasteiger partial charge in [0.1, 0.15) is 0 Å². The molecule has 1 N–H and O–H groups in total. The molecule has 0 radical (unpaired) electrons. The molecule has 3 heteroatoms. The smallest absolute Gasteiger partial charge is 0.251 e. The van der Waals surface area contributed by atoms with Crippen LogP contribution >= 0.6 is 0 Å². The zero-order valence-electron chi connectivity index (χ0n) is 12.8. The van der Waals surface area contributed by atoms with Crippen LogP contribution in [0.5, 0.6) is 0 Å². The van der Waals surface area contributed by atoms with Crippen molar-refractivity contribution in [2.24, 2.45) is 0 Å². The fraction of sp³-hybridized carbons (Fsp3) is 0.316. The van der Waals surface area contributed by atoms with E-state index in [9.17, 15) is 4.79 Å². The number of ether oxygens (including phenoxy) is 1. The Morgan fingerprint density at radius 3 is 2.41 bits per heavy atom. The van der Waals surface area contributed by atoms with E-state index in [0.29, 0.717) is 5.56 Å². The van der Waals surface area contributed by atoms with Crippen LogP contribution < -0.4 is 5.32 Å². The van der Waals surface area contributed by atoms with Crippen molar-refractivity contribution in [3.8, 4) is 11.1 Å². The molecule has 0 unspecified atom stereocenters. The largest absolute Gasteiger partial charge is 0.376 e. The minimum absolute atomic E-state index is 0.0392. The van der Waals surface area contributed by atoms with Crippen molar-refractivity contribution >= 4 is 5.91 Å². The number of rotatable bonds is 4. The molecule has 2 aromatic carbocycles. The summed E-state index contributed by atoms with van der Waals surface area (Å²) in [6.45, 7) is 2.81. The Bertz CT molecular complexity index is 616. The van der Waals surface area contributed by atoms with Gasteiger partial charge in [0.15, 0.2) is 0 Å². The summed E-state index contributed by atoms with van der Waals surface area (Å²) in [5, 5.41) is 3.03. The first-order chi connectivity index (χ1) is 10.7. The van der Waals surface area contributed by atoms with E-state index in [1.807, 2.05) is 49.4 Å². The second-order valence-corrected chi connectivity index (χ2v) is 5.76. The highest BCUT2D eigenvalue weighted by Crippen LogP contribution is 2.20. The van der Waals surface area contributed by atoms with Crippen molar-refractivity contribution in [1.82, 2.24) is 5.32 Å². The topological polar surface area (TPSA) is 38.3 Å². The molecule has 2 aromatic rings. The lowest BCUT2D eigenvalue weighted by atomic mass is 10.0. The predicted molar refractivity (Wildman–Crippen MR) is 87.8 cm³/mol. The summed E-state index contributed by atoms with van der Waals surface area (Å²) in [7, 11) is 0. The second kappa shape index (κ2) is 6.75. The molecule has 0 saturated carbocycles. The van der Waals surface area contributed by atoms with Crippen molar-refractivity contribution in [2.45, 2.75) is 31.9 Å². The maximum absolute atomic E-state index is 12.3. The predicted octanol–water partition coefficient (Wildman–Crippen LogP) is 3.65. The minimum Gasteiger partial charge on any atom is -0.376 e. The monoisotopic (exact) mass is 295 g/mol. The van der Waals surface area contributed by atoms with E-state index in [1.165, 1.54) is 0 Å². The van der Waals surface area contributed by atoms with Crippen molar-refractivity contribution in [1.29, 1.82) is 0 Å². The van der Waals surface area contributed by atoms with Crippen LogP contribution in [-0.4, -0.2) is 24.7 Å². The van der Waals surface area contributed by atoms with Gasteiger partial charge in [-0.1, -0.05) is 42.5 Å². The first kappa shape index (κ1) is 14.8. The summed E-state index contributed by atoms with van der Waals surface area (Å²) in [6.07, 6.45) is 2.25. The van der Waals surface area contributed by atoms with Crippen LogP contribution in [0.25, 0.3) is 11.1 Å². The van der Waals surface area contributed by atoms with E-state index in [2.05, 4.69) is 17.4 Å². The highest BCUT2D eigenvalue weighted by molar-refractivity contribution is 5.94. The number of hydrogen-bond acceptors (Lipinski definition) is 2. The molecule has 1 amide bonds. The van der Waals surface area contributed by atoms with Gasteiger partial charge in [-0.05, 0) is 43.0 Å². The third-order valence-corrected chi connectivity index (χ3v) is 4.14. The van der Waals surface area contributed by atoms with Crippen LogP contribution in [0.2, 0.25) is 0 Å². The molecule has 3 rings (SSSR count). The Morgan fingerprint density at radius 2 is 1.77 bits per heavy atom. The van der Waals surface area contributed by atoms with E-state index >= 15 is 0 Å². The molecule has 1 heterocycles. The van der Waals surface area contributed by atoms with Gasteiger partial charge in [-0.2, -0.15) is 0 Å². The quantitative estimate of drug-likeness (QED) is 0.935. The molecular formula is C19H21NO2. The number of carbonyl (C=O) groups is 1. The summed E-state index contributed by atoms with van der Waals surface area (Å²) in [4.78, 5) is 12.3. The standard InChI is InChI=1S/C19H21NO2/c1-14(18-8-5-13-22-18)20-19(21)17-11-9-16(10-12-17)15-6-3-2-4-7-15/h2-4,6-7,9-12,14,18H,5,8,13H2,1H3,(H,20,21)/t14-,18+/m0/s1. The van der Waals surface area contributed by atoms with E-state index in [1.54, 1.807) is 0 Å². The molecule has 1 aliphatic heterocycles. The SMILES string of the molecule is C[C@H](NC(=O)c1ccc(-c2ccccc2)cc1)[C@H]1CCCO1. The van der Waals surface area contributed by atoms with Crippen molar-refractivity contribution in [3.05, 3.63) is 60.2 Å². The van der Waals surface area contributed by atoms with Gasteiger partial charge in [0.25, 0.3) is 5.91 Å². The zero-order valence-corrected chi connectivity index (χ0v) is 12.8. The van der Waals surface area contributed by atoms with Crippen molar-refractivity contribution < 1.29 is 9.53 Å². The summed E-state index contributed by atoms with van der Waals surface area (Å²) in [5.74, 6) is -0.0392. The van der Waals surface area contributed by atoms with Gasteiger partial charge in [0.05, 0.1) is 12.1 Å². The van der Waals surface area contributed by atoms with Crippen LogP contribution in [0.3, 0.4) is 0 Å². The van der Waals surface area contributed by atoms with Gasteiger partial charge in [-0.3, -0.25) is 4.79 Å². The maximum Gasteiger partial charge on any atom is 0.251 e. The lowest BCUT2D eigenvalue weighted by molar-refractivity contribution is 0.0712. The summed E-state index contributed by atoms with van der Waals surface area (Å²) >= 11 is 0. The van der Waals surface area contributed by atoms with Crippen molar-refractivity contribution in [2.75, 3.05) is 6.61 Å². The molecular weight excluding hydrogens is 274 g/mol. The first-order valence-electron chi connectivity index (χ1n) is 7.82. The first-order valence-corrected chi connectivity index (χ1v) is 7.82. The third-order valence-electron chi connectivity index (χ3n) is 4.14. The van der Waals surface area contributed by atoms with E-state index in [0.717, 1.165) is 30.6 Å². The summed E-state index contributed by atoms with van der Waals surface area (Å²) in [5.41, 5.74) is 2.95. The van der Waals surface area contributed by atoms with Crippen LogP contribution in [0.4, 0.5) is 0 Å². The van der Waals surface area contributed by atoms with Crippen LogP contribution in [0, 0.1) is 0 Å². The molecule has 0 bridgehead atoms. The Hall–Kier alpha value is -2.13. The van der Waals surface area contributed by atoms with E-state index in [4.69, 9.17) is 4.74 Å². The number of hydrogen-bond donors (Lipinski definition) is 1. The maximum atomic E-state index is 12.3. The van der Waals surface area contributed by atoms with E-state index in [-0.39, 0.29) is 18.1 Å². The average Bonchev–Trinajstić information content (AvgIpc) is 3.10. The number of nitrogens with one attached hydrogen (secondary N) is 1. The highest BCUT2D eigenvalue weighted by Gasteiger charge is 2.23. The number of amides is 1. The third kappa shape index (κ3) is 3.37. The lowest BCUT2D eigenvalue weighted by Gasteiger charge is -2.20. The Labute approximate surface area is 131 Å². The second-order valence-electron chi connectivity index (χ2n) is 5.76. The average molecular weight is 295 g/mol. The highest BCUT2D eigenvalue weighted by atomic mass is 16.5. The molecule has 22 heavy (non-hydrogen) atoms. The van der Waals surface area contributed by atoms with Gasteiger partial charge >= 0.3 is 0 Å². The molecule has 1 aliphatic rings. The van der Waals surface area contributed by atoms with Gasteiger partial charge in [-0.25, -0.2) is 0 Å². The van der Waals surface area contributed by atoms with Gasteiger partial charge in [0.2, 0.25) is 0 Å². The fourth-order valence-electron chi connectivity index (χ4n) is 2.82. The molecule has 114 valence electrons.